The zero-order chi connectivity index (χ0) is 14.2. The maximum absolute atomic E-state index is 9.53. The van der Waals surface area contributed by atoms with Gasteiger partial charge in [0.05, 0.1) is 6.04 Å². The van der Waals surface area contributed by atoms with Gasteiger partial charge in [0.25, 0.3) is 0 Å². The predicted octanol–water partition coefficient (Wildman–Crippen LogP) is 2.29. The summed E-state index contributed by atoms with van der Waals surface area (Å²) in [4.78, 5) is 2.54. The Hall–Kier alpha value is -1.26. The number of benzene rings is 1. The summed E-state index contributed by atoms with van der Waals surface area (Å²) in [6.45, 7) is 4.21. The van der Waals surface area contributed by atoms with Gasteiger partial charge in [-0.05, 0) is 50.3 Å². The normalized spacial score (nSPS) is 26.6. The molecule has 1 aromatic rings. The molecule has 4 heteroatoms. The summed E-state index contributed by atoms with van der Waals surface area (Å²) < 4.78 is 5.74. The number of nitrogens with zero attached hydrogens (tertiary/aromatic N) is 1. The number of rotatable bonds is 4. The van der Waals surface area contributed by atoms with Crippen LogP contribution in [0.5, 0.6) is 11.5 Å². The first-order chi connectivity index (χ1) is 10.3. The van der Waals surface area contributed by atoms with E-state index in [0.717, 1.165) is 31.4 Å². The summed E-state index contributed by atoms with van der Waals surface area (Å²) in [5, 5.41) is 13.3. The number of nitrogens with one attached hydrogen (secondary N) is 1. The van der Waals surface area contributed by atoms with Gasteiger partial charge in [-0.3, -0.25) is 4.90 Å². The highest BCUT2D eigenvalue weighted by Gasteiger charge is 2.32. The smallest absolute Gasteiger partial charge is 0.127 e. The number of aromatic hydroxyl groups is 1. The Balaban J connectivity index is 1.34. The molecule has 114 valence electrons. The first-order valence-corrected chi connectivity index (χ1v) is 8.23. The van der Waals surface area contributed by atoms with E-state index in [9.17, 15) is 5.11 Å². The maximum atomic E-state index is 9.53. The van der Waals surface area contributed by atoms with Crippen molar-refractivity contribution in [2.24, 2.45) is 5.92 Å². The van der Waals surface area contributed by atoms with Gasteiger partial charge in [0.1, 0.15) is 18.1 Å². The van der Waals surface area contributed by atoms with E-state index in [2.05, 4.69) is 10.2 Å². The van der Waals surface area contributed by atoms with E-state index in [4.69, 9.17) is 4.74 Å². The van der Waals surface area contributed by atoms with Gasteiger partial charge in [-0.25, -0.2) is 0 Å². The highest BCUT2D eigenvalue weighted by atomic mass is 16.5. The van der Waals surface area contributed by atoms with Crippen molar-refractivity contribution in [1.82, 2.24) is 10.2 Å². The molecule has 1 aliphatic carbocycles. The summed E-state index contributed by atoms with van der Waals surface area (Å²) in [5.74, 6) is 2.11. The molecule has 21 heavy (non-hydrogen) atoms. The van der Waals surface area contributed by atoms with E-state index in [1.54, 1.807) is 12.1 Å². The van der Waals surface area contributed by atoms with E-state index >= 15 is 0 Å². The third-order valence-electron chi connectivity index (χ3n) is 5.12. The Morgan fingerprint density at radius 3 is 2.76 bits per heavy atom. The minimum absolute atomic E-state index is 0.289. The fourth-order valence-corrected chi connectivity index (χ4v) is 3.55. The van der Waals surface area contributed by atoms with Crippen LogP contribution in [0.2, 0.25) is 0 Å². The molecule has 1 aromatic carbocycles. The highest BCUT2D eigenvalue weighted by molar-refractivity contribution is 5.44. The van der Waals surface area contributed by atoms with Gasteiger partial charge >= 0.3 is 0 Å². The van der Waals surface area contributed by atoms with Crippen molar-refractivity contribution in [2.75, 3.05) is 26.2 Å². The van der Waals surface area contributed by atoms with E-state index in [1.165, 1.54) is 37.8 Å². The average Bonchev–Trinajstić information content (AvgIpc) is 3.24. The van der Waals surface area contributed by atoms with Gasteiger partial charge in [-0.2, -0.15) is 0 Å². The zero-order valence-corrected chi connectivity index (χ0v) is 12.4. The molecule has 3 aliphatic rings. The van der Waals surface area contributed by atoms with Crippen LogP contribution in [0.15, 0.2) is 18.2 Å². The lowest BCUT2D eigenvalue weighted by Gasteiger charge is -2.35. The van der Waals surface area contributed by atoms with E-state index in [1.807, 2.05) is 6.07 Å². The Labute approximate surface area is 126 Å². The summed E-state index contributed by atoms with van der Waals surface area (Å²) in [6, 6.07) is 6.58. The molecule has 4 rings (SSSR count). The molecule has 0 aromatic heterocycles. The summed E-state index contributed by atoms with van der Waals surface area (Å²) >= 11 is 0. The summed E-state index contributed by atoms with van der Waals surface area (Å²) in [6.07, 6.45) is 5.32. The minimum Gasteiger partial charge on any atom is -0.508 e. The van der Waals surface area contributed by atoms with Crippen LogP contribution in [-0.4, -0.2) is 42.3 Å². The van der Waals surface area contributed by atoms with Crippen molar-refractivity contribution < 1.29 is 9.84 Å². The van der Waals surface area contributed by atoms with Crippen LogP contribution < -0.4 is 10.1 Å². The molecule has 4 nitrogen and oxygen atoms in total. The molecule has 1 saturated heterocycles. The quantitative estimate of drug-likeness (QED) is 0.892. The van der Waals surface area contributed by atoms with Crippen LogP contribution >= 0.6 is 0 Å². The van der Waals surface area contributed by atoms with E-state index in [-0.39, 0.29) is 5.75 Å². The summed E-state index contributed by atoms with van der Waals surface area (Å²) in [7, 11) is 0. The molecule has 0 spiro atoms. The number of fused-ring (bicyclic) bond motifs is 1. The number of hydrogen-bond acceptors (Lipinski definition) is 4. The van der Waals surface area contributed by atoms with E-state index < -0.39 is 0 Å². The second kappa shape index (κ2) is 5.50. The highest BCUT2D eigenvalue weighted by Crippen LogP contribution is 2.39. The van der Waals surface area contributed by atoms with Gasteiger partial charge in [-0.1, -0.05) is 0 Å². The summed E-state index contributed by atoms with van der Waals surface area (Å²) in [5.41, 5.74) is 1.23. The second-order valence-corrected chi connectivity index (χ2v) is 6.71. The lowest BCUT2D eigenvalue weighted by atomic mass is 10.00. The van der Waals surface area contributed by atoms with Crippen LogP contribution in [0, 0.1) is 5.92 Å². The maximum Gasteiger partial charge on any atom is 0.127 e. The molecule has 1 saturated carbocycles. The number of ether oxygens (including phenoxy) is 1. The van der Waals surface area contributed by atoms with Crippen molar-refractivity contribution in [3.8, 4) is 11.5 Å². The average molecular weight is 288 g/mol. The van der Waals surface area contributed by atoms with Gasteiger partial charge in [-0.15, -0.1) is 0 Å². The van der Waals surface area contributed by atoms with Crippen molar-refractivity contribution in [1.29, 1.82) is 0 Å². The molecule has 0 radical (unpaired) electrons. The van der Waals surface area contributed by atoms with Crippen molar-refractivity contribution >= 4 is 0 Å². The Morgan fingerprint density at radius 1 is 1.19 bits per heavy atom. The predicted molar refractivity (Wildman–Crippen MR) is 81.7 cm³/mol. The topological polar surface area (TPSA) is 44.7 Å². The van der Waals surface area contributed by atoms with Crippen LogP contribution in [0.4, 0.5) is 0 Å². The van der Waals surface area contributed by atoms with Crippen molar-refractivity contribution in [3.05, 3.63) is 23.8 Å². The molecule has 1 unspecified atom stereocenters. The molecule has 2 aliphatic heterocycles. The SMILES string of the molecule is Oc1ccc2c(c1)OCC2N1CCC(NCC2CC2)CC1. The lowest BCUT2D eigenvalue weighted by molar-refractivity contribution is 0.122. The van der Waals surface area contributed by atoms with Gasteiger partial charge in [0.15, 0.2) is 0 Å². The molecule has 0 bridgehead atoms. The van der Waals surface area contributed by atoms with Crippen LogP contribution in [0.1, 0.15) is 37.3 Å². The van der Waals surface area contributed by atoms with E-state index in [0.29, 0.717) is 12.1 Å². The third kappa shape index (κ3) is 2.87. The number of hydrogen-bond donors (Lipinski definition) is 2. The Bertz CT molecular complexity index is 508. The van der Waals surface area contributed by atoms with Crippen molar-refractivity contribution in [2.45, 2.75) is 37.8 Å². The van der Waals surface area contributed by atoms with Gasteiger partial charge < -0.3 is 15.2 Å². The first-order valence-electron chi connectivity index (χ1n) is 8.23. The molecule has 0 amide bonds. The van der Waals surface area contributed by atoms with Crippen LogP contribution in [0.25, 0.3) is 0 Å². The molecule has 2 heterocycles. The molecular weight excluding hydrogens is 264 g/mol. The third-order valence-corrected chi connectivity index (χ3v) is 5.12. The zero-order valence-electron chi connectivity index (χ0n) is 12.4. The largest absolute Gasteiger partial charge is 0.508 e. The first kappa shape index (κ1) is 13.4. The Morgan fingerprint density at radius 2 is 2.00 bits per heavy atom. The second-order valence-electron chi connectivity index (χ2n) is 6.71. The van der Waals surface area contributed by atoms with Crippen LogP contribution in [-0.2, 0) is 0 Å². The van der Waals surface area contributed by atoms with Crippen molar-refractivity contribution in [3.63, 3.8) is 0 Å². The fraction of sp³-hybridized carbons (Fsp3) is 0.647. The standard InChI is InChI=1S/C17H24N2O2/c20-14-3-4-15-16(11-21-17(15)9-14)19-7-5-13(6-8-19)18-10-12-1-2-12/h3-4,9,12-13,16,18,20H,1-2,5-8,10-11H2. The fourth-order valence-electron chi connectivity index (χ4n) is 3.55. The van der Waals surface area contributed by atoms with Crippen LogP contribution in [0.3, 0.4) is 0 Å². The monoisotopic (exact) mass is 288 g/mol. The lowest BCUT2D eigenvalue weighted by Crippen LogP contribution is -2.44. The minimum atomic E-state index is 0.289. The molecule has 2 fully saturated rings. The number of phenols is 1. The molecule has 1 atom stereocenters. The number of likely N-dealkylation sites (tertiary alicyclic amines) is 1. The van der Waals surface area contributed by atoms with Gasteiger partial charge in [0.2, 0.25) is 0 Å². The Kier molecular flexibility index (Phi) is 3.51. The molecular formula is C17H24N2O2. The number of phenolic OH excluding ortho intramolecular Hbond substituents is 1. The van der Waals surface area contributed by atoms with Gasteiger partial charge in [0, 0.05) is 30.8 Å². The number of piperidine rings is 1. The molecule has 2 N–H and O–H groups in total.